The molecule has 0 saturated carbocycles. The van der Waals surface area contributed by atoms with Crippen LogP contribution < -0.4 is 5.32 Å². The lowest BCUT2D eigenvalue weighted by atomic mass is 10.0. The molecule has 6 nitrogen and oxygen atoms in total. The van der Waals surface area contributed by atoms with Gasteiger partial charge in [-0.2, -0.15) is 5.26 Å². The minimum atomic E-state index is -0.472. The van der Waals surface area contributed by atoms with Crippen LogP contribution in [-0.2, 0) is 16.1 Å². The van der Waals surface area contributed by atoms with E-state index >= 15 is 0 Å². The van der Waals surface area contributed by atoms with Gasteiger partial charge in [-0.15, -0.1) is 0 Å². The van der Waals surface area contributed by atoms with E-state index in [0.29, 0.717) is 29.7 Å². The van der Waals surface area contributed by atoms with Gasteiger partial charge in [0.1, 0.15) is 12.6 Å². The molecule has 0 radical (unpaired) electrons. The lowest BCUT2D eigenvalue weighted by Gasteiger charge is -2.26. The molecule has 22 heavy (non-hydrogen) atoms. The second-order valence-electron chi connectivity index (χ2n) is 4.93. The number of rotatable bonds is 8. The molecule has 1 aromatic rings. The van der Waals surface area contributed by atoms with Gasteiger partial charge in [-0.05, 0) is 31.2 Å². The first kappa shape index (κ1) is 17.5. The predicted octanol–water partition coefficient (Wildman–Crippen LogP) is 0.896. The van der Waals surface area contributed by atoms with Crippen molar-refractivity contribution in [3.05, 3.63) is 34.9 Å². The van der Waals surface area contributed by atoms with Crippen molar-refractivity contribution in [3.63, 3.8) is 0 Å². The van der Waals surface area contributed by atoms with E-state index in [-0.39, 0.29) is 12.3 Å². The van der Waals surface area contributed by atoms with Gasteiger partial charge in [-0.25, -0.2) is 0 Å². The molecule has 0 bridgehead atoms. The Morgan fingerprint density at radius 2 is 2.18 bits per heavy atom. The molecule has 0 aliphatic heterocycles. The van der Waals surface area contributed by atoms with Crippen LogP contribution in [0.1, 0.15) is 34.3 Å². The summed E-state index contributed by atoms with van der Waals surface area (Å²) in [5.74, 6) is -0.187. The molecular weight excluding hydrogens is 282 g/mol. The highest BCUT2D eigenvalue weighted by molar-refractivity contribution is 5.82. The summed E-state index contributed by atoms with van der Waals surface area (Å²) in [6.45, 7) is 0.334. The Hall–Kier alpha value is -2.52. The number of hydrogen-bond donors (Lipinski definition) is 1. The Morgan fingerprint density at radius 3 is 2.73 bits per heavy atom. The number of carbonyl (C=O) groups is 3. The molecular formula is C16H19N3O3. The molecule has 1 rings (SSSR count). The highest BCUT2D eigenvalue weighted by Gasteiger charge is 2.22. The molecule has 6 heteroatoms. The number of hydrogen-bond acceptors (Lipinski definition) is 5. The van der Waals surface area contributed by atoms with Crippen LogP contribution in [-0.4, -0.2) is 43.5 Å². The largest absolute Gasteiger partial charge is 0.358 e. The summed E-state index contributed by atoms with van der Waals surface area (Å²) in [6.07, 6.45) is 2.18. The van der Waals surface area contributed by atoms with Crippen LogP contribution in [0.15, 0.2) is 18.2 Å². The summed E-state index contributed by atoms with van der Waals surface area (Å²) >= 11 is 0. The molecule has 0 saturated heterocycles. The topological polar surface area (TPSA) is 90.3 Å². The molecule has 1 atom stereocenters. The lowest BCUT2D eigenvalue weighted by molar-refractivity contribution is -0.126. The number of nitrogens with zero attached hydrogens (tertiary/aromatic N) is 2. The number of amides is 1. The van der Waals surface area contributed by atoms with Crippen molar-refractivity contribution in [2.45, 2.75) is 25.4 Å². The van der Waals surface area contributed by atoms with Gasteiger partial charge < -0.3 is 10.1 Å². The van der Waals surface area contributed by atoms with Gasteiger partial charge in [-0.1, -0.05) is 6.07 Å². The monoisotopic (exact) mass is 301 g/mol. The summed E-state index contributed by atoms with van der Waals surface area (Å²) in [5.41, 5.74) is 1.62. The average molecular weight is 301 g/mol. The van der Waals surface area contributed by atoms with E-state index < -0.39 is 6.04 Å². The number of benzene rings is 1. The van der Waals surface area contributed by atoms with Gasteiger partial charge in [0.25, 0.3) is 0 Å². The van der Waals surface area contributed by atoms with Gasteiger partial charge in [0.2, 0.25) is 5.91 Å². The molecule has 0 aliphatic rings. The fourth-order valence-corrected chi connectivity index (χ4v) is 2.25. The second kappa shape index (κ2) is 8.70. The van der Waals surface area contributed by atoms with Crippen LogP contribution in [0.3, 0.4) is 0 Å². The molecule has 0 heterocycles. The second-order valence-corrected chi connectivity index (χ2v) is 4.93. The van der Waals surface area contributed by atoms with E-state index in [1.54, 1.807) is 30.1 Å². The Morgan fingerprint density at radius 1 is 1.45 bits per heavy atom. The Bertz CT molecular complexity index is 593. The molecule has 1 N–H and O–H groups in total. The van der Waals surface area contributed by atoms with Crippen LogP contribution >= 0.6 is 0 Å². The van der Waals surface area contributed by atoms with Crippen LogP contribution in [0.5, 0.6) is 0 Å². The van der Waals surface area contributed by atoms with Crippen molar-refractivity contribution in [3.8, 4) is 6.07 Å². The molecule has 1 aromatic carbocycles. The molecule has 0 aliphatic carbocycles. The zero-order valence-electron chi connectivity index (χ0n) is 12.7. The van der Waals surface area contributed by atoms with E-state index in [2.05, 4.69) is 5.32 Å². The number of likely N-dealkylation sites (N-methyl/N-ethyl adjacent to an activating group) is 2. The third kappa shape index (κ3) is 4.50. The quantitative estimate of drug-likeness (QED) is 0.720. The normalized spacial score (nSPS) is 11.5. The maximum absolute atomic E-state index is 11.9. The molecule has 0 fully saturated rings. The van der Waals surface area contributed by atoms with E-state index in [4.69, 9.17) is 5.26 Å². The van der Waals surface area contributed by atoms with Gasteiger partial charge in [0, 0.05) is 25.6 Å². The number of nitrogens with one attached hydrogen (secondary N) is 1. The first-order valence-electron chi connectivity index (χ1n) is 6.91. The Labute approximate surface area is 129 Å². The predicted molar refractivity (Wildman–Crippen MR) is 81.2 cm³/mol. The third-order valence-corrected chi connectivity index (χ3v) is 3.46. The molecule has 0 aromatic heterocycles. The Kier molecular flexibility index (Phi) is 6.93. The van der Waals surface area contributed by atoms with Crippen molar-refractivity contribution in [1.29, 1.82) is 5.26 Å². The van der Waals surface area contributed by atoms with Crippen molar-refractivity contribution >= 4 is 18.5 Å². The number of nitriles is 1. The standard InChI is InChI=1S/C16H19N3O3/c1-18-16(22)15(4-3-7-20)19(2)10-14-8-12(9-17)5-6-13(14)11-21/h5-8,11,15H,3-4,10H2,1-2H3,(H,18,22). The highest BCUT2D eigenvalue weighted by atomic mass is 16.2. The molecule has 1 amide bonds. The first-order valence-corrected chi connectivity index (χ1v) is 6.91. The van der Waals surface area contributed by atoms with Crippen LogP contribution in [0.2, 0.25) is 0 Å². The minimum absolute atomic E-state index is 0.187. The molecule has 0 spiro atoms. The van der Waals surface area contributed by atoms with Crippen molar-refractivity contribution in [2.24, 2.45) is 0 Å². The van der Waals surface area contributed by atoms with Crippen LogP contribution in [0, 0.1) is 11.3 Å². The van der Waals surface area contributed by atoms with E-state index in [0.717, 1.165) is 12.6 Å². The summed E-state index contributed by atoms with van der Waals surface area (Å²) in [4.78, 5) is 35.4. The molecule has 116 valence electrons. The average Bonchev–Trinajstić information content (AvgIpc) is 2.54. The maximum Gasteiger partial charge on any atom is 0.237 e. The van der Waals surface area contributed by atoms with Gasteiger partial charge in [0.15, 0.2) is 0 Å². The maximum atomic E-state index is 11.9. The number of carbonyl (C=O) groups excluding carboxylic acids is 3. The summed E-state index contributed by atoms with van der Waals surface area (Å²) < 4.78 is 0. The van der Waals surface area contributed by atoms with Crippen LogP contribution in [0.25, 0.3) is 0 Å². The van der Waals surface area contributed by atoms with Crippen molar-refractivity contribution in [1.82, 2.24) is 10.2 Å². The van der Waals surface area contributed by atoms with Crippen LogP contribution in [0.4, 0.5) is 0 Å². The third-order valence-electron chi connectivity index (χ3n) is 3.46. The number of aldehydes is 2. The summed E-state index contributed by atoms with van der Waals surface area (Å²) in [7, 11) is 3.29. The van der Waals surface area contributed by atoms with Gasteiger partial charge >= 0.3 is 0 Å². The molecule has 1 unspecified atom stereocenters. The smallest absolute Gasteiger partial charge is 0.237 e. The van der Waals surface area contributed by atoms with Gasteiger partial charge in [-0.3, -0.25) is 14.5 Å². The first-order chi connectivity index (χ1) is 10.6. The SMILES string of the molecule is CNC(=O)C(CCC=O)N(C)Cc1cc(C#N)ccc1C=O. The zero-order chi connectivity index (χ0) is 16.5. The summed E-state index contributed by atoms with van der Waals surface area (Å²) in [6, 6.07) is 6.37. The van der Waals surface area contributed by atoms with E-state index in [1.165, 1.54) is 7.05 Å². The van der Waals surface area contributed by atoms with Crippen molar-refractivity contribution < 1.29 is 14.4 Å². The van der Waals surface area contributed by atoms with E-state index in [1.807, 2.05) is 6.07 Å². The lowest BCUT2D eigenvalue weighted by Crippen LogP contribution is -2.43. The van der Waals surface area contributed by atoms with Gasteiger partial charge in [0.05, 0.1) is 17.7 Å². The highest BCUT2D eigenvalue weighted by Crippen LogP contribution is 2.15. The fraction of sp³-hybridized carbons (Fsp3) is 0.375. The minimum Gasteiger partial charge on any atom is -0.358 e. The zero-order valence-corrected chi connectivity index (χ0v) is 12.7. The van der Waals surface area contributed by atoms with Crippen molar-refractivity contribution in [2.75, 3.05) is 14.1 Å². The fourth-order valence-electron chi connectivity index (χ4n) is 2.25. The van der Waals surface area contributed by atoms with E-state index in [9.17, 15) is 14.4 Å². The summed E-state index contributed by atoms with van der Waals surface area (Å²) in [5, 5.41) is 11.5. The Balaban J connectivity index is 2.99.